The van der Waals surface area contributed by atoms with E-state index in [0.29, 0.717) is 30.1 Å². The molecule has 0 aromatic heterocycles. The van der Waals surface area contributed by atoms with Gasteiger partial charge in [-0.15, -0.1) is 0 Å². The van der Waals surface area contributed by atoms with E-state index in [1.807, 2.05) is 0 Å². The molecule has 1 saturated heterocycles. The summed E-state index contributed by atoms with van der Waals surface area (Å²) in [5, 5.41) is 5.81. The van der Waals surface area contributed by atoms with Crippen molar-refractivity contribution in [2.75, 3.05) is 45.9 Å². The fraction of sp³-hybridized carbons (Fsp3) is 0.579. The molecule has 0 atom stereocenters. The molecule has 0 aliphatic carbocycles. The van der Waals surface area contributed by atoms with Crippen LogP contribution in [0.5, 0.6) is 0 Å². The van der Waals surface area contributed by atoms with Gasteiger partial charge in [0.2, 0.25) is 0 Å². The second-order valence-corrected chi connectivity index (χ2v) is 6.73. The second kappa shape index (κ2) is 10.2. The van der Waals surface area contributed by atoms with Gasteiger partial charge in [-0.25, -0.2) is 0 Å². The van der Waals surface area contributed by atoms with Crippen molar-refractivity contribution < 1.29 is 14.3 Å². The number of rotatable bonds is 8. The summed E-state index contributed by atoms with van der Waals surface area (Å²) in [6.45, 7) is 9.59. The maximum absolute atomic E-state index is 12.3. The topological polar surface area (TPSA) is 70.7 Å². The van der Waals surface area contributed by atoms with Gasteiger partial charge in [0, 0.05) is 43.9 Å². The Morgan fingerprint density at radius 3 is 2.28 bits per heavy atom. The zero-order valence-corrected chi connectivity index (χ0v) is 15.2. The summed E-state index contributed by atoms with van der Waals surface area (Å²) in [6, 6.07) is 6.85. The average Bonchev–Trinajstić information content (AvgIpc) is 2.62. The van der Waals surface area contributed by atoms with E-state index in [1.54, 1.807) is 24.3 Å². The van der Waals surface area contributed by atoms with Gasteiger partial charge in [-0.1, -0.05) is 19.9 Å². The van der Waals surface area contributed by atoms with Gasteiger partial charge >= 0.3 is 0 Å². The Kier molecular flexibility index (Phi) is 7.88. The summed E-state index contributed by atoms with van der Waals surface area (Å²) >= 11 is 0. The molecule has 0 saturated carbocycles. The molecule has 6 heteroatoms. The van der Waals surface area contributed by atoms with Crippen LogP contribution in [0.4, 0.5) is 0 Å². The second-order valence-electron chi connectivity index (χ2n) is 6.73. The van der Waals surface area contributed by atoms with Gasteiger partial charge < -0.3 is 15.4 Å². The molecule has 6 nitrogen and oxygen atoms in total. The minimum absolute atomic E-state index is 0.136. The highest BCUT2D eigenvalue weighted by Crippen LogP contribution is 2.06. The number of ether oxygens (including phenoxy) is 1. The van der Waals surface area contributed by atoms with E-state index < -0.39 is 0 Å². The van der Waals surface area contributed by atoms with E-state index in [4.69, 9.17) is 4.74 Å². The van der Waals surface area contributed by atoms with Gasteiger partial charge in [0.1, 0.15) is 0 Å². The quantitative estimate of drug-likeness (QED) is 0.748. The maximum Gasteiger partial charge on any atom is 0.251 e. The van der Waals surface area contributed by atoms with Crippen LogP contribution in [0.3, 0.4) is 0 Å². The number of hydrogen-bond donors (Lipinski definition) is 2. The summed E-state index contributed by atoms with van der Waals surface area (Å²) < 4.78 is 5.31. The summed E-state index contributed by atoms with van der Waals surface area (Å²) in [5.41, 5.74) is 1.03. The fourth-order valence-corrected chi connectivity index (χ4v) is 2.63. The molecule has 2 rings (SSSR count). The minimum Gasteiger partial charge on any atom is -0.379 e. The van der Waals surface area contributed by atoms with Crippen molar-refractivity contribution in [2.45, 2.75) is 20.3 Å². The van der Waals surface area contributed by atoms with Crippen LogP contribution < -0.4 is 10.6 Å². The van der Waals surface area contributed by atoms with Crippen molar-refractivity contribution in [2.24, 2.45) is 5.92 Å². The van der Waals surface area contributed by atoms with Crippen LogP contribution in [0.1, 0.15) is 41.0 Å². The molecule has 25 heavy (non-hydrogen) atoms. The lowest BCUT2D eigenvalue weighted by Crippen LogP contribution is -2.41. The first-order chi connectivity index (χ1) is 12.1. The monoisotopic (exact) mass is 347 g/mol. The van der Waals surface area contributed by atoms with Gasteiger partial charge in [-0.3, -0.25) is 14.5 Å². The van der Waals surface area contributed by atoms with Crippen LogP contribution in [0, 0.1) is 5.92 Å². The van der Waals surface area contributed by atoms with E-state index in [0.717, 1.165) is 39.3 Å². The van der Waals surface area contributed by atoms with Crippen LogP contribution in [-0.2, 0) is 4.74 Å². The van der Waals surface area contributed by atoms with Gasteiger partial charge in [0.15, 0.2) is 0 Å². The summed E-state index contributed by atoms with van der Waals surface area (Å²) in [6.07, 6.45) is 0.938. The lowest BCUT2D eigenvalue weighted by atomic mass is 10.1. The molecule has 2 N–H and O–H groups in total. The molecular weight excluding hydrogens is 318 g/mol. The van der Waals surface area contributed by atoms with Crippen molar-refractivity contribution in [3.05, 3.63) is 35.4 Å². The molecular formula is C19H29N3O3. The van der Waals surface area contributed by atoms with Crippen LogP contribution in [0.15, 0.2) is 24.3 Å². The Hall–Kier alpha value is -1.92. The summed E-state index contributed by atoms with van der Waals surface area (Å²) in [7, 11) is 0. The molecule has 1 aliphatic heterocycles. The van der Waals surface area contributed by atoms with E-state index in [9.17, 15) is 9.59 Å². The van der Waals surface area contributed by atoms with Crippen molar-refractivity contribution >= 4 is 11.8 Å². The third-order valence-corrected chi connectivity index (χ3v) is 4.21. The lowest BCUT2D eigenvalue weighted by Gasteiger charge is -2.26. The molecule has 2 amide bonds. The van der Waals surface area contributed by atoms with Crippen molar-refractivity contribution in [3.8, 4) is 0 Å². The number of nitrogens with zero attached hydrogens (tertiary/aromatic N) is 1. The number of amides is 2. The molecule has 1 fully saturated rings. The predicted molar refractivity (Wildman–Crippen MR) is 97.8 cm³/mol. The normalized spacial score (nSPS) is 15.2. The number of benzene rings is 1. The molecule has 138 valence electrons. The third kappa shape index (κ3) is 6.84. The fourth-order valence-electron chi connectivity index (χ4n) is 2.63. The Bertz CT molecular complexity index is 569. The van der Waals surface area contributed by atoms with Crippen LogP contribution >= 0.6 is 0 Å². The molecule has 1 aromatic carbocycles. The summed E-state index contributed by atoms with van der Waals surface area (Å²) in [4.78, 5) is 26.7. The van der Waals surface area contributed by atoms with Crippen LogP contribution in [-0.4, -0.2) is 62.7 Å². The first kappa shape index (κ1) is 19.4. The maximum atomic E-state index is 12.3. The number of carbonyl (C=O) groups is 2. The van der Waals surface area contributed by atoms with Crippen LogP contribution in [0.2, 0.25) is 0 Å². The van der Waals surface area contributed by atoms with Gasteiger partial charge in [0.05, 0.1) is 13.2 Å². The molecule has 0 radical (unpaired) electrons. The molecule has 1 aromatic rings. The summed E-state index contributed by atoms with van der Waals surface area (Å²) in [5.74, 6) is 0.262. The van der Waals surface area contributed by atoms with Crippen LogP contribution in [0.25, 0.3) is 0 Å². The Morgan fingerprint density at radius 1 is 1.08 bits per heavy atom. The number of morpholine rings is 1. The highest BCUT2D eigenvalue weighted by molar-refractivity contribution is 5.99. The molecule has 0 spiro atoms. The zero-order chi connectivity index (χ0) is 18.1. The Labute approximate surface area is 149 Å². The largest absolute Gasteiger partial charge is 0.379 e. The van der Waals surface area contributed by atoms with E-state index in [-0.39, 0.29) is 11.8 Å². The first-order valence-corrected chi connectivity index (χ1v) is 9.03. The zero-order valence-electron chi connectivity index (χ0n) is 15.2. The highest BCUT2D eigenvalue weighted by Gasteiger charge is 2.12. The third-order valence-electron chi connectivity index (χ3n) is 4.21. The Balaban J connectivity index is 1.80. The SMILES string of the molecule is CC(C)CCNC(=O)c1cccc(C(=O)NCCN2CCOCC2)c1. The minimum atomic E-state index is -0.148. The van der Waals surface area contributed by atoms with Gasteiger partial charge in [0.25, 0.3) is 11.8 Å². The van der Waals surface area contributed by atoms with E-state index >= 15 is 0 Å². The molecule has 1 aliphatic rings. The van der Waals surface area contributed by atoms with Gasteiger partial charge in [-0.05, 0) is 30.5 Å². The first-order valence-electron chi connectivity index (χ1n) is 9.03. The molecule has 0 unspecified atom stereocenters. The number of carbonyl (C=O) groups excluding carboxylic acids is 2. The van der Waals surface area contributed by atoms with Crippen molar-refractivity contribution in [1.82, 2.24) is 15.5 Å². The highest BCUT2D eigenvalue weighted by atomic mass is 16.5. The van der Waals surface area contributed by atoms with E-state index in [2.05, 4.69) is 29.4 Å². The number of hydrogen-bond acceptors (Lipinski definition) is 4. The smallest absolute Gasteiger partial charge is 0.251 e. The average molecular weight is 347 g/mol. The van der Waals surface area contributed by atoms with Crippen molar-refractivity contribution in [1.29, 1.82) is 0 Å². The Morgan fingerprint density at radius 2 is 1.68 bits per heavy atom. The molecule has 1 heterocycles. The van der Waals surface area contributed by atoms with Crippen molar-refractivity contribution in [3.63, 3.8) is 0 Å². The standard InChI is InChI=1S/C19H29N3O3/c1-15(2)6-7-20-18(23)16-4-3-5-17(14-16)19(24)21-8-9-22-10-12-25-13-11-22/h3-5,14-15H,6-13H2,1-2H3,(H,20,23)(H,21,24). The molecule has 0 bridgehead atoms. The van der Waals surface area contributed by atoms with Gasteiger partial charge in [-0.2, -0.15) is 0 Å². The lowest BCUT2D eigenvalue weighted by molar-refractivity contribution is 0.0383. The number of nitrogens with one attached hydrogen (secondary N) is 2. The predicted octanol–water partition coefficient (Wildman–Crippen LogP) is 1.52. The van der Waals surface area contributed by atoms with E-state index in [1.165, 1.54) is 0 Å².